The molecule has 3 rings (SSSR count). The van der Waals surface area contributed by atoms with E-state index in [1.807, 2.05) is 12.3 Å². The maximum absolute atomic E-state index is 6.13. The van der Waals surface area contributed by atoms with Crippen molar-refractivity contribution in [2.45, 2.75) is 25.9 Å². The molecule has 1 aliphatic rings. The van der Waals surface area contributed by atoms with Gasteiger partial charge in [-0.05, 0) is 30.0 Å². The van der Waals surface area contributed by atoms with Gasteiger partial charge in [-0.1, -0.05) is 25.1 Å². The normalized spacial score (nSPS) is 24.7. The molecule has 2 aromatic rings. The number of likely N-dealkylation sites (tertiary alicyclic amines) is 1. The van der Waals surface area contributed by atoms with Crippen LogP contribution in [0.2, 0.25) is 0 Å². The van der Waals surface area contributed by atoms with Crippen molar-refractivity contribution in [1.29, 1.82) is 0 Å². The number of hydrogen-bond acceptors (Lipinski definition) is 3. The lowest BCUT2D eigenvalue weighted by Crippen LogP contribution is -2.45. The summed E-state index contributed by atoms with van der Waals surface area (Å²) in [4.78, 5) is 6.89. The Kier molecular flexibility index (Phi) is 3.49. The van der Waals surface area contributed by atoms with Gasteiger partial charge in [0.15, 0.2) is 0 Å². The fraction of sp³-hybridized carbons (Fsp3) is 0.438. The Labute approximate surface area is 114 Å². The molecule has 1 aliphatic heterocycles. The van der Waals surface area contributed by atoms with Crippen LogP contribution in [0.15, 0.2) is 36.5 Å². The van der Waals surface area contributed by atoms with Gasteiger partial charge < -0.3 is 5.73 Å². The SMILES string of the molecule is CC1CC(N)CN(Cc2ccnc3ccccc23)C1. The van der Waals surface area contributed by atoms with Gasteiger partial charge in [0, 0.05) is 37.3 Å². The Bertz CT molecular complexity index is 551. The van der Waals surface area contributed by atoms with Crippen molar-refractivity contribution in [3.63, 3.8) is 0 Å². The van der Waals surface area contributed by atoms with Gasteiger partial charge in [0.25, 0.3) is 0 Å². The molecule has 0 amide bonds. The van der Waals surface area contributed by atoms with Crippen molar-refractivity contribution in [3.05, 3.63) is 42.1 Å². The molecule has 19 heavy (non-hydrogen) atoms. The Morgan fingerprint density at radius 1 is 1.26 bits per heavy atom. The van der Waals surface area contributed by atoms with Crippen molar-refractivity contribution in [1.82, 2.24) is 9.88 Å². The number of benzene rings is 1. The summed E-state index contributed by atoms with van der Waals surface area (Å²) in [5.41, 5.74) is 8.56. The number of nitrogens with zero attached hydrogens (tertiary/aromatic N) is 2. The third-order valence-electron chi connectivity index (χ3n) is 3.90. The van der Waals surface area contributed by atoms with E-state index in [1.165, 1.54) is 10.9 Å². The lowest BCUT2D eigenvalue weighted by molar-refractivity contribution is 0.159. The third-order valence-corrected chi connectivity index (χ3v) is 3.90. The van der Waals surface area contributed by atoms with E-state index in [4.69, 9.17) is 5.73 Å². The first-order valence-electron chi connectivity index (χ1n) is 7.03. The van der Waals surface area contributed by atoms with Gasteiger partial charge in [-0.25, -0.2) is 0 Å². The summed E-state index contributed by atoms with van der Waals surface area (Å²) in [5, 5.41) is 1.26. The molecule has 2 atom stereocenters. The molecule has 2 heterocycles. The zero-order valence-electron chi connectivity index (χ0n) is 11.4. The number of piperidine rings is 1. The second-order valence-electron chi connectivity index (χ2n) is 5.78. The van der Waals surface area contributed by atoms with Crippen LogP contribution in [-0.4, -0.2) is 29.0 Å². The van der Waals surface area contributed by atoms with Crippen molar-refractivity contribution < 1.29 is 0 Å². The third kappa shape index (κ3) is 2.77. The molecule has 1 aromatic carbocycles. The average Bonchev–Trinajstić information content (AvgIpc) is 2.38. The molecule has 1 saturated heterocycles. The van der Waals surface area contributed by atoms with Crippen molar-refractivity contribution in [2.24, 2.45) is 11.7 Å². The fourth-order valence-electron chi connectivity index (χ4n) is 3.18. The molecule has 1 aromatic heterocycles. The Morgan fingerprint density at radius 2 is 2.11 bits per heavy atom. The number of aromatic nitrogens is 1. The summed E-state index contributed by atoms with van der Waals surface area (Å²) in [6.45, 7) is 5.41. The smallest absolute Gasteiger partial charge is 0.0705 e. The number of hydrogen-bond donors (Lipinski definition) is 1. The van der Waals surface area contributed by atoms with Gasteiger partial charge in [0.2, 0.25) is 0 Å². The predicted octanol–water partition coefficient (Wildman–Crippen LogP) is 2.40. The van der Waals surface area contributed by atoms with Crippen molar-refractivity contribution in [3.8, 4) is 0 Å². The van der Waals surface area contributed by atoms with E-state index in [0.717, 1.165) is 31.6 Å². The summed E-state index contributed by atoms with van der Waals surface area (Å²) >= 11 is 0. The zero-order valence-corrected chi connectivity index (χ0v) is 11.4. The van der Waals surface area contributed by atoms with Gasteiger partial charge in [-0.15, -0.1) is 0 Å². The van der Waals surface area contributed by atoms with E-state index < -0.39 is 0 Å². The maximum atomic E-state index is 6.13. The largest absolute Gasteiger partial charge is 0.327 e. The summed E-state index contributed by atoms with van der Waals surface area (Å²) in [6, 6.07) is 10.8. The van der Waals surface area contributed by atoms with Crippen LogP contribution in [0, 0.1) is 5.92 Å². The first-order chi connectivity index (χ1) is 9.22. The lowest BCUT2D eigenvalue weighted by Gasteiger charge is -2.34. The topological polar surface area (TPSA) is 42.1 Å². The highest BCUT2D eigenvalue weighted by atomic mass is 15.1. The molecular formula is C16H21N3. The van der Waals surface area contributed by atoms with E-state index in [0.29, 0.717) is 12.0 Å². The minimum Gasteiger partial charge on any atom is -0.327 e. The molecule has 1 fully saturated rings. The second-order valence-corrected chi connectivity index (χ2v) is 5.78. The fourth-order valence-corrected chi connectivity index (χ4v) is 3.18. The quantitative estimate of drug-likeness (QED) is 0.896. The van der Waals surface area contributed by atoms with Crippen LogP contribution in [0.5, 0.6) is 0 Å². The molecular weight excluding hydrogens is 234 g/mol. The Hall–Kier alpha value is -1.45. The highest BCUT2D eigenvalue weighted by molar-refractivity contribution is 5.81. The minimum atomic E-state index is 0.317. The van der Waals surface area contributed by atoms with E-state index >= 15 is 0 Å². The molecule has 2 N–H and O–H groups in total. The van der Waals surface area contributed by atoms with Crippen molar-refractivity contribution >= 4 is 10.9 Å². The molecule has 3 heteroatoms. The molecule has 2 unspecified atom stereocenters. The summed E-state index contributed by atoms with van der Waals surface area (Å²) < 4.78 is 0. The van der Waals surface area contributed by atoms with Gasteiger partial charge in [0.1, 0.15) is 0 Å². The van der Waals surface area contributed by atoms with Crippen LogP contribution in [0.25, 0.3) is 10.9 Å². The van der Waals surface area contributed by atoms with E-state index in [-0.39, 0.29) is 0 Å². The van der Waals surface area contributed by atoms with Gasteiger partial charge in [0.05, 0.1) is 5.52 Å². The minimum absolute atomic E-state index is 0.317. The molecule has 0 radical (unpaired) electrons. The van der Waals surface area contributed by atoms with E-state index in [9.17, 15) is 0 Å². The van der Waals surface area contributed by atoms with Crippen LogP contribution in [0.3, 0.4) is 0 Å². The summed E-state index contributed by atoms with van der Waals surface area (Å²) in [7, 11) is 0. The number of rotatable bonds is 2. The van der Waals surface area contributed by atoms with Crippen LogP contribution in [-0.2, 0) is 6.54 Å². The highest BCUT2D eigenvalue weighted by Crippen LogP contribution is 2.21. The number of fused-ring (bicyclic) bond motifs is 1. The van der Waals surface area contributed by atoms with Gasteiger partial charge >= 0.3 is 0 Å². The summed E-state index contributed by atoms with van der Waals surface area (Å²) in [6.07, 6.45) is 3.05. The molecule has 0 aliphatic carbocycles. The predicted molar refractivity (Wildman–Crippen MR) is 78.8 cm³/mol. The number of nitrogens with two attached hydrogens (primary N) is 1. The monoisotopic (exact) mass is 255 g/mol. The van der Waals surface area contributed by atoms with Gasteiger partial charge in [-0.3, -0.25) is 9.88 Å². The molecule has 3 nitrogen and oxygen atoms in total. The Balaban J connectivity index is 1.85. The highest BCUT2D eigenvalue weighted by Gasteiger charge is 2.22. The van der Waals surface area contributed by atoms with Crippen molar-refractivity contribution in [2.75, 3.05) is 13.1 Å². The summed E-state index contributed by atoms with van der Waals surface area (Å²) in [5.74, 6) is 0.692. The Morgan fingerprint density at radius 3 is 2.95 bits per heavy atom. The standard InChI is InChI=1S/C16H21N3/c1-12-8-14(17)11-19(9-12)10-13-6-7-18-16-5-3-2-4-15(13)16/h2-7,12,14H,8-11,17H2,1H3. The zero-order chi connectivity index (χ0) is 13.2. The maximum Gasteiger partial charge on any atom is 0.0705 e. The van der Waals surface area contributed by atoms with Crippen LogP contribution in [0.4, 0.5) is 0 Å². The number of pyridine rings is 1. The molecule has 100 valence electrons. The second kappa shape index (κ2) is 5.27. The van der Waals surface area contributed by atoms with Crippen LogP contribution < -0.4 is 5.73 Å². The van der Waals surface area contributed by atoms with Gasteiger partial charge in [-0.2, -0.15) is 0 Å². The molecule has 0 bridgehead atoms. The van der Waals surface area contributed by atoms with E-state index in [1.54, 1.807) is 0 Å². The first kappa shape index (κ1) is 12.6. The van der Waals surface area contributed by atoms with Crippen LogP contribution >= 0.6 is 0 Å². The lowest BCUT2D eigenvalue weighted by atomic mass is 9.96. The molecule has 0 spiro atoms. The van der Waals surface area contributed by atoms with E-state index in [2.05, 4.69) is 41.1 Å². The van der Waals surface area contributed by atoms with Crippen LogP contribution in [0.1, 0.15) is 18.9 Å². The average molecular weight is 255 g/mol. The molecule has 0 saturated carbocycles. The first-order valence-corrected chi connectivity index (χ1v) is 7.03. The number of para-hydroxylation sites is 1.